The fourth-order valence-corrected chi connectivity index (χ4v) is 2.59. The summed E-state index contributed by atoms with van der Waals surface area (Å²) < 4.78 is 0. The van der Waals surface area contributed by atoms with Gasteiger partial charge in [0.05, 0.1) is 0 Å². The number of rotatable bonds is 3. The van der Waals surface area contributed by atoms with Crippen LogP contribution in [0.5, 0.6) is 0 Å². The molecule has 1 atom stereocenters. The van der Waals surface area contributed by atoms with E-state index in [1.165, 1.54) is 5.56 Å². The monoisotopic (exact) mass is 266 g/mol. The smallest absolute Gasteiger partial charge is 0.244 e. The van der Waals surface area contributed by atoms with Gasteiger partial charge in [-0.3, -0.25) is 4.79 Å². The Balaban J connectivity index is 1.76. The fourth-order valence-electron chi connectivity index (χ4n) is 2.59. The molecule has 0 radical (unpaired) electrons. The molecule has 1 fully saturated rings. The van der Waals surface area contributed by atoms with Crippen LogP contribution in [-0.4, -0.2) is 23.9 Å². The lowest BCUT2D eigenvalue weighted by Crippen LogP contribution is -2.49. The van der Waals surface area contributed by atoms with Crippen LogP contribution in [0, 0.1) is 0 Å². The third-order valence-corrected chi connectivity index (χ3v) is 3.64. The molecule has 1 heterocycles. The van der Waals surface area contributed by atoms with Gasteiger partial charge in [0.15, 0.2) is 0 Å². The van der Waals surface area contributed by atoms with E-state index in [1.54, 1.807) is 0 Å². The van der Waals surface area contributed by atoms with Gasteiger partial charge in [-0.1, -0.05) is 60.7 Å². The van der Waals surface area contributed by atoms with Crippen LogP contribution in [0.4, 0.5) is 0 Å². The van der Waals surface area contributed by atoms with E-state index in [9.17, 15) is 4.79 Å². The standard InChI is InChI=1S/C17H18N2O/c20-17-16(15-9-5-2-6-10-15)18-11-12-19(17)13-14-7-3-1-4-8-14/h1-10,16,18H,11-13H2/t16-/m0/s1. The number of hydrogen-bond acceptors (Lipinski definition) is 2. The number of amides is 1. The second-order valence-corrected chi connectivity index (χ2v) is 5.04. The number of nitrogens with one attached hydrogen (secondary N) is 1. The molecule has 102 valence electrons. The van der Waals surface area contributed by atoms with Crippen molar-refractivity contribution in [1.82, 2.24) is 10.2 Å². The Labute approximate surface area is 119 Å². The molecular weight excluding hydrogens is 248 g/mol. The van der Waals surface area contributed by atoms with Gasteiger partial charge >= 0.3 is 0 Å². The summed E-state index contributed by atoms with van der Waals surface area (Å²) in [7, 11) is 0. The zero-order valence-corrected chi connectivity index (χ0v) is 11.3. The molecule has 1 aliphatic rings. The topological polar surface area (TPSA) is 32.3 Å². The van der Waals surface area contributed by atoms with Gasteiger partial charge in [0.2, 0.25) is 5.91 Å². The molecule has 1 aliphatic heterocycles. The molecule has 1 N–H and O–H groups in total. The maximum Gasteiger partial charge on any atom is 0.244 e. The van der Waals surface area contributed by atoms with Crippen molar-refractivity contribution in [2.75, 3.05) is 13.1 Å². The number of benzene rings is 2. The lowest BCUT2D eigenvalue weighted by Gasteiger charge is -2.33. The Morgan fingerprint density at radius 2 is 1.65 bits per heavy atom. The third kappa shape index (κ3) is 2.73. The van der Waals surface area contributed by atoms with Gasteiger partial charge in [0.1, 0.15) is 6.04 Å². The largest absolute Gasteiger partial charge is 0.335 e. The van der Waals surface area contributed by atoms with E-state index in [2.05, 4.69) is 17.4 Å². The minimum atomic E-state index is -0.214. The van der Waals surface area contributed by atoms with Crippen molar-refractivity contribution >= 4 is 5.91 Å². The molecular formula is C17H18N2O. The van der Waals surface area contributed by atoms with E-state index in [0.29, 0.717) is 6.54 Å². The minimum Gasteiger partial charge on any atom is -0.335 e. The Hall–Kier alpha value is -2.13. The predicted molar refractivity (Wildman–Crippen MR) is 79.0 cm³/mol. The summed E-state index contributed by atoms with van der Waals surface area (Å²) in [5, 5.41) is 3.31. The van der Waals surface area contributed by atoms with Crippen LogP contribution in [0.25, 0.3) is 0 Å². The zero-order chi connectivity index (χ0) is 13.8. The summed E-state index contributed by atoms with van der Waals surface area (Å²) in [6.45, 7) is 2.28. The van der Waals surface area contributed by atoms with Gasteiger partial charge in [-0.2, -0.15) is 0 Å². The number of carbonyl (C=O) groups excluding carboxylic acids is 1. The average Bonchev–Trinajstić information content (AvgIpc) is 2.51. The maximum atomic E-state index is 12.6. The molecule has 3 nitrogen and oxygen atoms in total. The van der Waals surface area contributed by atoms with Crippen LogP contribution in [0.3, 0.4) is 0 Å². The second kappa shape index (κ2) is 5.88. The Morgan fingerprint density at radius 3 is 2.35 bits per heavy atom. The van der Waals surface area contributed by atoms with Crippen LogP contribution >= 0.6 is 0 Å². The SMILES string of the molecule is O=C1[C@H](c2ccccc2)NCCN1Cc1ccccc1. The normalized spacial score (nSPS) is 19.1. The molecule has 0 saturated carbocycles. The van der Waals surface area contributed by atoms with Crippen molar-refractivity contribution in [3.63, 3.8) is 0 Å². The van der Waals surface area contributed by atoms with Crippen molar-refractivity contribution in [1.29, 1.82) is 0 Å². The molecule has 0 spiro atoms. The zero-order valence-electron chi connectivity index (χ0n) is 11.3. The van der Waals surface area contributed by atoms with Gasteiger partial charge in [0, 0.05) is 19.6 Å². The molecule has 2 aromatic rings. The first kappa shape index (κ1) is 12.9. The second-order valence-electron chi connectivity index (χ2n) is 5.04. The molecule has 0 aliphatic carbocycles. The van der Waals surface area contributed by atoms with E-state index in [4.69, 9.17) is 0 Å². The summed E-state index contributed by atoms with van der Waals surface area (Å²) in [5.74, 6) is 0.159. The molecule has 0 unspecified atom stereocenters. The van der Waals surface area contributed by atoms with Crippen molar-refractivity contribution in [2.45, 2.75) is 12.6 Å². The third-order valence-electron chi connectivity index (χ3n) is 3.64. The highest BCUT2D eigenvalue weighted by atomic mass is 16.2. The first-order valence-corrected chi connectivity index (χ1v) is 6.95. The maximum absolute atomic E-state index is 12.6. The summed E-state index contributed by atoms with van der Waals surface area (Å²) in [5.41, 5.74) is 2.21. The highest BCUT2D eigenvalue weighted by Gasteiger charge is 2.29. The highest BCUT2D eigenvalue weighted by Crippen LogP contribution is 2.19. The van der Waals surface area contributed by atoms with Gasteiger partial charge in [0.25, 0.3) is 0 Å². The van der Waals surface area contributed by atoms with Crippen molar-refractivity contribution in [3.05, 3.63) is 71.8 Å². The Morgan fingerprint density at radius 1 is 1.00 bits per heavy atom. The van der Waals surface area contributed by atoms with Crippen LogP contribution < -0.4 is 5.32 Å². The van der Waals surface area contributed by atoms with Crippen molar-refractivity contribution < 1.29 is 4.79 Å². The molecule has 0 bridgehead atoms. The first-order valence-electron chi connectivity index (χ1n) is 6.95. The fraction of sp³-hybridized carbons (Fsp3) is 0.235. The average molecular weight is 266 g/mol. The van der Waals surface area contributed by atoms with E-state index < -0.39 is 0 Å². The Kier molecular flexibility index (Phi) is 3.79. The molecule has 2 aromatic carbocycles. The van der Waals surface area contributed by atoms with E-state index in [0.717, 1.165) is 18.7 Å². The molecule has 3 heteroatoms. The molecule has 1 saturated heterocycles. The van der Waals surface area contributed by atoms with Crippen LogP contribution in [0.1, 0.15) is 17.2 Å². The van der Waals surface area contributed by atoms with Gasteiger partial charge < -0.3 is 10.2 Å². The summed E-state index contributed by atoms with van der Waals surface area (Å²) in [6, 6.07) is 19.8. The van der Waals surface area contributed by atoms with Crippen molar-refractivity contribution in [2.24, 2.45) is 0 Å². The predicted octanol–water partition coefficient (Wildman–Crippen LogP) is 2.36. The number of nitrogens with zero attached hydrogens (tertiary/aromatic N) is 1. The van der Waals surface area contributed by atoms with Crippen LogP contribution in [0.2, 0.25) is 0 Å². The van der Waals surface area contributed by atoms with Crippen LogP contribution in [0.15, 0.2) is 60.7 Å². The first-order chi connectivity index (χ1) is 9.84. The van der Waals surface area contributed by atoms with Crippen LogP contribution in [-0.2, 0) is 11.3 Å². The summed E-state index contributed by atoms with van der Waals surface area (Å²) in [6.07, 6.45) is 0. The van der Waals surface area contributed by atoms with Gasteiger partial charge in [-0.05, 0) is 11.1 Å². The van der Waals surface area contributed by atoms with E-state index in [-0.39, 0.29) is 11.9 Å². The minimum absolute atomic E-state index is 0.159. The van der Waals surface area contributed by atoms with Gasteiger partial charge in [-0.25, -0.2) is 0 Å². The van der Waals surface area contributed by atoms with Gasteiger partial charge in [-0.15, -0.1) is 0 Å². The lowest BCUT2D eigenvalue weighted by molar-refractivity contribution is -0.136. The quantitative estimate of drug-likeness (QED) is 0.925. The number of piperazine rings is 1. The van der Waals surface area contributed by atoms with E-state index >= 15 is 0 Å². The summed E-state index contributed by atoms with van der Waals surface area (Å²) >= 11 is 0. The number of carbonyl (C=O) groups is 1. The lowest BCUT2D eigenvalue weighted by atomic mass is 10.0. The number of hydrogen-bond donors (Lipinski definition) is 1. The highest BCUT2D eigenvalue weighted by molar-refractivity contribution is 5.84. The Bertz CT molecular complexity index is 568. The molecule has 20 heavy (non-hydrogen) atoms. The molecule has 3 rings (SSSR count). The van der Waals surface area contributed by atoms with Crippen molar-refractivity contribution in [3.8, 4) is 0 Å². The molecule has 0 aromatic heterocycles. The summed E-state index contributed by atoms with van der Waals surface area (Å²) in [4.78, 5) is 14.5. The van der Waals surface area contributed by atoms with E-state index in [1.807, 2.05) is 53.4 Å². The molecule has 1 amide bonds.